The maximum Gasteiger partial charge on any atom is 0.358 e. The van der Waals surface area contributed by atoms with Crippen molar-refractivity contribution in [2.45, 2.75) is 39.7 Å². The number of rotatable bonds is 9. The molecule has 180 valence electrons. The van der Waals surface area contributed by atoms with Gasteiger partial charge in [-0.2, -0.15) is 5.21 Å². The van der Waals surface area contributed by atoms with Crippen LogP contribution in [0.5, 0.6) is 0 Å². The van der Waals surface area contributed by atoms with Crippen molar-refractivity contribution in [3.05, 3.63) is 65.6 Å². The molecule has 2 aromatic carbocycles. The van der Waals surface area contributed by atoms with Crippen LogP contribution in [0.15, 0.2) is 48.5 Å². The molecule has 2 heterocycles. The van der Waals surface area contributed by atoms with Gasteiger partial charge in [-0.05, 0) is 28.3 Å². The third kappa shape index (κ3) is 5.26. The molecule has 0 unspecified atom stereocenters. The Balaban J connectivity index is 1.69. The number of anilines is 1. The van der Waals surface area contributed by atoms with E-state index >= 15 is 0 Å². The van der Waals surface area contributed by atoms with Crippen LogP contribution in [0.3, 0.4) is 0 Å². The second kappa shape index (κ2) is 10.7. The van der Waals surface area contributed by atoms with Gasteiger partial charge >= 0.3 is 5.97 Å². The fraction of sp³-hybridized carbons (Fsp3) is 0.280. The second-order valence-corrected chi connectivity index (χ2v) is 8.07. The van der Waals surface area contributed by atoms with E-state index in [0.717, 1.165) is 40.9 Å². The number of nitrogens with zero attached hydrogens (tertiary/aromatic N) is 5. The minimum Gasteiger partial charge on any atom is -0.464 e. The van der Waals surface area contributed by atoms with E-state index in [2.05, 4.69) is 37.8 Å². The van der Waals surface area contributed by atoms with Crippen molar-refractivity contribution in [1.29, 1.82) is 0 Å². The molecular formula is C25H27N7O3. The number of carbonyl (C=O) groups excluding carboxylic acids is 2. The second-order valence-electron chi connectivity index (χ2n) is 8.07. The van der Waals surface area contributed by atoms with E-state index < -0.39 is 5.97 Å². The van der Waals surface area contributed by atoms with E-state index in [1.54, 1.807) is 0 Å². The van der Waals surface area contributed by atoms with Crippen LogP contribution in [0.4, 0.5) is 5.82 Å². The van der Waals surface area contributed by atoms with E-state index in [0.29, 0.717) is 18.8 Å². The number of H-pyrrole nitrogens is 1. The number of imidazole rings is 1. The van der Waals surface area contributed by atoms with Crippen LogP contribution >= 0.6 is 0 Å². The number of aryl methyl sites for hydroxylation is 1. The van der Waals surface area contributed by atoms with Crippen LogP contribution in [-0.4, -0.2) is 49.2 Å². The first-order valence-corrected chi connectivity index (χ1v) is 11.4. The van der Waals surface area contributed by atoms with Crippen molar-refractivity contribution in [1.82, 2.24) is 30.2 Å². The number of aromatic nitrogens is 6. The van der Waals surface area contributed by atoms with Crippen LogP contribution in [0.2, 0.25) is 0 Å². The van der Waals surface area contributed by atoms with Crippen molar-refractivity contribution in [2.75, 3.05) is 12.4 Å². The molecule has 0 aliphatic rings. The number of aromatic amines is 1. The highest BCUT2D eigenvalue weighted by molar-refractivity contribution is 5.98. The number of carbonyl (C=O) groups is 2. The van der Waals surface area contributed by atoms with Gasteiger partial charge in [0.2, 0.25) is 11.7 Å². The molecule has 0 fully saturated rings. The first-order valence-electron chi connectivity index (χ1n) is 11.4. The molecule has 0 saturated carbocycles. The summed E-state index contributed by atoms with van der Waals surface area (Å²) in [6.07, 6.45) is 2.56. The Kier molecular flexibility index (Phi) is 7.30. The highest BCUT2D eigenvalue weighted by Gasteiger charge is 2.24. The predicted molar refractivity (Wildman–Crippen MR) is 131 cm³/mol. The summed E-state index contributed by atoms with van der Waals surface area (Å²) < 4.78 is 6.84. The number of amides is 1. The summed E-state index contributed by atoms with van der Waals surface area (Å²) in [5, 5.41) is 17.0. The minimum absolute atomic E-state index is 0.223. The minimum atomic E-state index is -0.547. The third-order valence-electron chi connectivity index (χ3n) is 5.59. The van der Waals surface area contributed by atoms with Crippen LogP contribution in [0.1, 0.15) is 48.6 Å². The zero-order chi connectivity index (χ0) is 24.8. The number of hydrogen-bond donors (Lipinski definition) is 2. The molecule has 1 amide bonds. The van der Waals surface area contributed by atoms with E-state index in [4.69, 9.17) is 4.74 Å². The van der Waals surface area contributed by atoms with Crippen LogP contribution in [-0.2, 0) is 22.5 Å². The Labute approximate surface area is 202 Å². The topological polar surface area (TPSA) is 128 Å². The van der Waals surface area contributed by atoms with Gasteiger partial charge in [0.1, 0.15) is 5.82 Å². The van der Waals surface area contributed by atoms with Crippen molar-refractivity contribution in [2.24, 2.45) is 0 Å². The van der Waals surface area contributed by atoms with E-state index in [1.807, 2.05) is 53.1 Å². The smallest absolute Gasteiger partial charge is 0.358 e. The third-order valence-corrected chi connectivity index (χ3v) is 5.59. The number of hydrogen-bond acceptors (Lipinski definition) is 7. The van der Waals surface area contributed by atoms with Crippen molar-refractivity contribution >= 4 is 17.7 Å². The lowest BCUT2D eigenvalue weighted by atomic mass is 9.98. The summed E-state index contributed by atoms with van der Waals surface area (Å²) in [7, 11) is 1.32. The number of benzene rings is 2. The average Bonchev–Trinajstić information content (AvgIpc) is 3.51. The normalized spacial score (nSPS) is 10.8. The lowest BCUT2D eigenvalue weighted by molar-refractivity contribution is -0.114. The van der Waals surface area contributed by atoms with Gasteiger partial charge < -0.3 is 14.6 Å². The number of tetrazole rings is 1. The molecule has 2 aromatic heterocycles. The highest BCUT2D eigenvalue weighted by atomic mass is 16.5. The largest absolute Gasteiger partial charge is 0.464 e. The van der Waals surface area contributed by atoms with Crippen LogP contribution in [0, 0.1) is 0 Å². The molecule has 4 aromatic rings. The van der Waals surface area contributed by atoms with Gasteiger partial charge in [-0.3, -0.25) is 4.79 Å². The summed E-state index contributed by atoms with van der Waals surface area (Å²) >= 11 is 0. The molecule has 4 rings (SSSR count). The molecule has 10 nitrogen and oxygen atoms in total. The summed E-state index contributed by atoms with van der Waals surface area (Å²) in [6.45, 7) is 3.88. The number of methoxy groups -OCH3 is 1. The summed E-state index contributed by atoms with van der Waals surface area (Å²) in [4.78, 5) is 28.9. The summed E-state index contributed by atoms with van der Waals surface area (Å²) in [5.74, 6) is 0.627. The predicted octanol–water partition coefficient (Wildman–Crippen LogP) is 3.87. The molecular weight excluding hydrogens is 446 g/mol. The Bertz CT molecular complexity index is 1310. The quantitative estimate of drug-likeness (QED) is 0.353. The van der Waals surface area contributed by atoms with Crippen LogP contribution < -0.4 is 5.32 Å². The molecule has 2 N–H and O–H groups in total. The highest BCUT2D eigenvalue weighted by Crippen LogP contribution is 2.30. The Morgan fingerprint density at radius 3 is 2.46 bits per heavy atom. The van der Waals surface area contributed by atoms with Gasteiger partial charge in [0.15, 0.2) is 11.5 Å². The van der Waals surface area contributed by atoms with Gasteiger partial charge in [-0.25, -0.2) is 9.78 Å². The molecule has 0 spiro atoms. The van der Waals surface area contributed by atoms with Crippen molar-refractivity contribution < 1.29 is 14.3 Å². The monoisotopic (exact) mass is 473 g/mol. The summed E-state index contributed by atoms with van der Waals surface area (Å²) in [5.41, 5.74) is 4.06. The van der Waals surface area contributed by atoms with Crippen LogP contribution in [0.25, 0.3) is 22.5 Å². The van der Waals surface area contributed by atoms with Gasteiger partial charge in [0.05, 0.1) is 7.11 Å². The molecule has 0 bridgehead atoms. The van der Waals surface area contributed by atoms with Crippen molar-refractivity contribution in [3.63, 3.8) is 0 Å². The number of unbranched alkanes of at least 4 members (excludes halogenated alkanes) is 1. The molecule has 0 aliphatic carbocycles. The molecule has 10 heteroatoms. The molecule has 0 radical (unpaired) electrons. The van der Waals surface area contributed by atoms with E-state index in [-0.39, 0.29) is 17.4 Å². The summed E-state index contributed by atoms with van der Waals surface area (Å²) in [6, 6.07) is 15.9. The number of esters is 1. The molecule has 0 aliphatic heterocycles. The first kappa shape index (κ1) is 23.8. The SMILES string of the molecule is CCCCc1nc(NC(C)=O)c(C(=O)OC)n1Cc1ccc(-c2ccccc2-c2nn[nH]n2)cc1. The van der Waals surface area contributed by atoms with Gasteiger partial charge in [-0.15, -0.1) is 10.2 Å². The van der Waals surface area contributed by atoms with Gasteiger partial charge in [-0.1, -0.05) is 61.9 Å². The van der Waals surface area contributed by atoms with E-state index in [9.17, 15) is 9.59 Å². The van der Waals surface area contributed by atoms with Gasteiger partial charge in [0, 0.05) is 25.5 Å². The number of ether oxygens (including phenoxy) is 1. The maximum atomic E-state index is 12.6. The molecule has 0 saturated heterocycles. The van der Waals surface area contributed by atoms with Crippen molar-refractivity contribution in [3.8, 4) is 22.5 Å². The Morgan fingerprint density at radius 1 is 1.09 bits per heavy atom. The lowest BCUT2D eigenvalue weighted by Gasteiger charge is -2.13. The van der Waals surface area contributed by atoms with E-state index in [1.165, 1.54) is 14.0 Å². The fourth-order valence-corrected chi connectivity index (χ4v) is 3.93. The Morgan fingerprint density at radius 2 is 1.83 bits per heavy atom. The fourth-order valence-electron chi connectivity index (χ4n) is 3.93. The number of nitrogens with one attached hydrogen (secondary N) is 2. The average molecular weight is 474 g/mol. The van der Waals surface area contributed by atoms with Gasteiger partial charge in [0.25, 0.3) is 0 Å². The molecule has 0 atom stereocenters. The maximum absolute atomic E-state index is 12.6. The standard InChI is InChI=1S/C25H27N7O3/c1-4-5-10-21-27-24(26-16(2)33)22(25(34)35-3)32(21)15-17-11-13-18(14-12-17)19-8-6-7-9-20(19)23-28-30-31-29-23/h6-9,11-14H,4-5,10,15H2,1-3H3,(H,26,33)(H,28,29,30,31). The first-order chi connectivity index (χ1) is 17.0. The zero-order valence-corrected chi connectivity index (χ0v) is 19.9. The molecule has 35 heavy (non-hydrogen) atoms. The Hall–Kier alpha value is -4.34. The zero-order valence-electron chi connectivity index (χ0n) is 19.9. The lowest BCUT2D eigenvalue weighted by Crippen LogP contribution is -2.17.